The molecule has 0 saturated heterocycles. The van der Waals surface area contributed by atoms with E-state index in [4.69, 9.17) is 0 Å². The van der Waals surface area contributed by atoms with E-state index in [9.17, 15) is 0 Å². The molecule has 0 aliphatic carbocycles. The Morgan fingerprint density at radius 1 is 0.276 bits per heavy atom. The minimum atomic E-state index is -1.75. The van der Waals surface area contributed by atoms with Gasteiger partial charge in [0.1, 0.15) is 46.4 Å². The molecule has 4 heteroatoms. The monoisotopic (exact) mass is 924 g/mol. The van der Waals surface area contributed by atoms with Crippen LogP contribution < -0.4 is 31.8 Å². The van der Waals surface area contributed by atoms with Crippen molar-refractivity contribution in [1.29, 1.82) is 0 Å². The standard InChI is InChI=1S/C54H56Br2P2/c55-53-44-46(28-12-2-4-26-42-58(50-35-19-8-20-36-50,51-37-21-9-22-38-51)52-39-23-10-24-40-52)54(56)43-45(53)27-11-1-3-25-41-57(47-29-13-5-14-30-47,48-31-15-6-16-32-48)49-33-17-7-18-34-49/h5-10,13-24,29-40,43-44H,1-4,11-12,25-28,41-42H2/q+2. The summed E-state index contributed by atoms with van der Waals surface area (Å²) in [4.78, 5) is 0. The SMILES string of the molecule is Brc1cc(CCCCCC[P+](c2ccccc2)(c2ccccc2)c2ccccc2)c(Br)cc1CCCCCC[P+](c1ccccc1)(c1ccccc1)c1ccccc1. The Hall–Kier alpha value is -3.64. The zero-order valence-electron chi connectivity index (χ0n) is 33.6. The average molecular weight is 927 g/mol. The average Bonchev–Trinajstić information content (AvgIpc) is 3.29. The van der Waals surface area contributed by atoms with Crippen molar-refractivity contribution in [3.63, 3.8) is 0 Å². The summed E-state index contributed by atoms with van der Waals surface area (Å²) in [5, 5.41) is 8.91. The lowest BCUT2D eigenvalue weighted by molar-refractivity contribution is 0.664. The highest BCUT2D eigenvalue weighted by Crippen LogP contribution is 2.57. The number of halogens is 2. The molecule has 7 rings (SSSR count). The van der Waals surface area contributed by atoms with Crippen molar-refractivity contribution in [2.24, 2.45) is 0 Å². The minimum Gasteiger partial charge on any atom is -0.0620 e. The molecule has 7 aromatic carbocycles. The number of rotatable bonds is 20. The van der Waals surface area contributed by atoms with Gasteiger partial charge in [0.2, 0.25) is 0 Å². The number of aryl methyl sites for hydroxylation is 2. The van der Waals surface area contributed by atoms with Gasteiger partial charge in [-0.3, -0.25) is 0 Å². The summed E-state index contributed by atoms with van der Waals surface area (Å²) in [6, 6.07) is 72.6. The number of hydrogen-bond acceptors (Lipinski definition) is 0. The largest absolute Gasteiger partial charge is 0.112 e. The van der Waals surface area contributed by atoms with Crippen LogP contribution in [-0.2, 0) is 12.8 Å². The zero-order valence-corrected chi connectivity index (χ0v) is 38.6. The van der Waals surface area contributed by atoms with Gasteiger partial charge in [0.25, 0.3) is 0 Å². The van der Waals surface area contributed by atoms with Crippen LogP contribution in [0.5, 0.6) is 0 Å². The van der Waals surface area contributed by atoms with Gasteiger partial charge in [0, 0.05) is 8.95 Å². The third kappa shape index (κ3) is 10.2. The molecule has 0 amide bonds. The summed E-state index contributed by atoms with van der Waals surface area (Å²) in [7, 11) is -3.51. The van der Waals surface area contributed by atoms with Crippen molar-refractivity contribution >= 4 is 78.2 Å². The lowest BCUT2D eigenvalue weighted by Gasteiger charge is -2.27. The van der Waals surface area contributed by atoms with E-state index in [0.717, 1.165) is 12.8 Å². The van der Waals surface area contributed by atoms with Crippen LogP contribution in [0.2, 0.25) is 0 Å². The molecule has 58 heavy (non-hydrogen) atoms. The first kappa shape index (κ1) is 42.5. The van der Waals surface area contributed by atoms with Gasteiger partial charge < -0.3 is 0 Å². The molecule has 0 N–H and O–H groups in total. The smallest absolute Gasteiger partial charge is 0.0620 e. The lowest BCUT2D eigenvalue weighted by atomic mass is 10.0. The summed E-state index contributed by atoms with van der Waals surface area (Å²) < 4.78 is 2.52. The van der Waals surface area contributed by atoms with E-state index < -0.39 is 14.5 Å². The summed E-state index contributed by atoms with van der Waals surface area (Å²) in [5.74, 6) is 0. The third-order valence-electron chi connectivity index (χ3n) is 11.8. The second kappa shape index (κ2) is 21.6. The third-order valence-corrected chi connectivity index (χ3v) is 22.3. The quantitative estimate of drug-likeness (QED) is 0.0528. The van der Waals surface area contributed by atoms with E-state index in [1.165, 1.54) is 116 Å². The van der Waals surface area contributed by atoms with Gasteiger partial charge in [0.15, 0.2) is 0 Å². The fourth-order valence-corrected chi connectivity index (χ4v) is 18.8. The van der Waals surface area contributed by atoms with E-state index in [1.54, 1.807) is 0 Å². The molecule has 0 aliphatic rings. The molecule has 294 valence electrons. The van der Waals surface area contributed by atoms with Crippen LogP contribution >= 0.6 is 46.4 Å². The van der Waals surface area contributed by atoms with E-state index in [-0.39, 0.29) is 0 Å². The van der Waals surface area contributed by atoms with Crippen molar-refractivity contribution in [3.05, 3.63) is 214 Å². The normalized spacial score (nSPS) is 11.8. The van der Waals surface area contributed by atoms with Crippen LogP contribution in [0.1, 0.15) is 62.5 Å². The number of hydrogen-bond donors (Lipinski definition) is 0. The molecule has 0 nitrogen and oxygen atoms in total. The molecule has 0 unspecified atom stereocenters. The summed E-state index contributed by atoms with van der Waals surface area (Å²) in [6.07, 6.45) is 14.4. The second-order valence-electron chi connectivity index (χ2n) is 15.4. The van der Waals surface area contributed by atoms with Crippen LogP contribution in [0.4, 0.5) is 0 Å². The summed E-state index contributed by atoms with van der Waals surface area (Å²) in [5.41, 5.74) is 2.83. The maximum absolute atomic E-state index is 3.98. The highest BCUT2D eigenvalue weighted by atomic mass is 79.9. The molecule has 0 spiro atoms. The first-order chi connectivity index (χ1) is 28.6. The first-order valence-electron chi connectivity index (χ1n) is 21.2. The Bertz CT molecular complexity index is 1890. The van der Waals surface area contributed by atoms with Crippen LogP contribution in [0, 0.1) is 0 Å². The molecular formula is C54H56Br2P2+2. The molecule has 0 aromatic heterocycles. The van der Waals surface area contributed by atoms with Gasteiger partial charge in [-0.15, -0.1) is 0 Å². The summed E-state index contributed by atoms with van der Waals surface area (Å²) >= 11 is 7.95. The molecule has 0 aliphatic heterocycles. The van der Waals surface area contributed by atoms with Crippen molar-refractivity contribution in [2.45, 2.75) is 64.2 Å². The molecule has 0 radical (unpaired) electrons. The molecule has 0 heterocycles. The molecule has 0 bridgehead atoms. The van der Waals surface area contributed by atoms with Crippen molar-refractivity contribution in [3.8, 4) is 0 Å². The van der Waals surface area contributed by atoms with Gasteiger partial charge in [-0.05, 0) is 147 Å². The van der Waals surface area contributed by atoms with Gasteiger partial charge in [-0.25, -0.2) is 0 Å². The van der Waals surface area contributed by atoms with E-state index in [0.29, 0.717) is 0 Å². The summed E-state index contributed by atoms with van der Waals surface area (Å²) in [6.45, 7) is 0. The van der Waals surface area contributed by atoms with Crippen molar-refractivity contribution in [2.75, 3.05) is 12.3 Å². The molecular weight excluding hydrogens is 870 g/mol. The zero-order chi connectivity index (χ0) is 39.9. The van der Waals surface area contributed by atoms with Crippen molar-refractivity contribution < 1.29 is 0 Å². The Morgan fingerprint density at radius 2 is 0.500 bits per heavy atom. The van der Waals surface area contributed by atoms with E-state index >= 15 is 0 Å². The number of unbranched alkanes of at least 4 members (excludes halogenated alkanes) is 6. The lowest BCUT2D eigenvalue weighted by Crippen LogP contribution is -2.33. The Kier molecular flexibility index (Phi) is 15.8. The maximum Gasteiger partial charge on any atom is 0.112 e. The fraction of sp³-hybridized carbons (Fsp3) is 0.222. The van der Waals surface area contributed by atoms with Crippen molar-refractivity contribution in [1.82, 2.24) is 0 Å². The van der Waals surface area contributed by atoms with Gasteiger partial charge in [-0.1, -0.05) is 154 Å². The highest BCUT2D eigenvalue weighted by molar-refractivity contribution is 9.11. The molecule has 0 saturated carbocycles. The van der Waals surface area contributed by atoms with E-state index in [1.807, 2.05) is 0 Å². The fourth-order valence-electron chi connectivity index (χ4n) is 8.81. The van der Waals surface area contributed by atoms with Gasteiger partial charge in [0.05, 0.1) is 12.3 Å². The van der Waals surface area contributed by atoms with Crippen LogP contribution in [0.15, 0.2) is 203 Å². The maximum atomic E-state index is 3.98. The molecule has 0 atom stereocenters. The first-order valence-corrected chi connectivity index (χ1v) is 26.7. The van der Waals surface area contributed by atoms with Crippen LogP contribution in [0.3, 0.4) is 0 Å². The predicted molar refractivity (Wildman–Crippen MR) is 266 cm³/mol. The second-order valence-corrected chi connectivity index (χ2v) is 24.4. The highest BCUT2D eigenvalue weighted by Gasteiger charge is 2.45. The van der Waals surface area contributed by atoms with Gasteiger partial charge in [-0.2, -0.15) is 0 Å². The Labute approximate surface area is 366 Å². The van der Waals surface area contributed by atoms with Crippen LogP contribution in [0.25, 0.3) is 0 Å². The van der Waals surface area contributed by atoms with E-state index in [2.05, 4.69) is 226 Å². The number of benzene rings is 7. The Morgan fingerprint density at radius 3 is 0.741 bits per heavy atom. The predicted octanol–water partition coefficient (Wildman–Crippen LogP) is 13.4. The molecule has 7 aromatic rings. The minimum absolute atomic E-state index is 1.10. The van der Waals surface area contributed by atoms with Crippen LogP contribution in [-0.4, -0.2) is 12.3 Å². The topological polar surface area (TPSA) is 0 Å². The molecule has 0 fully saturated rings. The Balaban J connectivity index is 0.917. The van der Waals surface area contributed by atoms with Gasteiger partial charge >= 0.3 is 0 Å².